The maximum absolute atomic E-state index is 13.4. The van der Waals surface area contributed by atoms with E-state index in [2.05, 4.69) is 18.7 Å². The summed E-state index contributed by atoms with van der Waals surface area (Å²) in [6.45, 7) is 6.58. The van der Waals surface area contributed by atoms with Crippen molar-refractivity contribution in [3.63, 3.8) is 0 Å². The van der Waals surface area contributed by atoms with Gasteiger partial charge < -0.3 is 10.5 Å². The fourth-order valence-electron chi connectivity index (χ4n) is 2.23. The monoisotopic (exact) mass is 300 g/mol. The van der Waals surface area contributed by atoms with Crippen LogP contribution in [0.4, 0.5) is 10.1 Å². The molecule has 6 heteroatoms. The molecule has 1 heterocycles. The van der Waals surface area contributed by atoms with Gasteiger partial charge in [0, 0.05) is 24.0 Å². The van der Waals surface area contributed by atoms with Gasteiger partial charge in [-0.25, -0.2) is 4.39 Å². The third-order valence-electron chi connectivity index (χ3n) is 3.47. The number of hydrogen-bond donors (Lipinski definition) is 1. The fourth-order valence-corrected chi connectivity index (χ4v) is 3.41. The van der Waals surface area contributed by atoms with E-state index in [0.717, 1.165) is 13.1 Å². The normalized spacial score (nSPS) is 22.1. The molecule has 0 aliphatic carbocycles. The summed E-state index contributed by atoms with van der Waals surface area (Å²) in [5.41, 5.74) is 5.49. The topological polar surface area (TPSA) is 55.6 Å². The van der Waals surface area contributed by atoms with Gasteiger partial charge in [-0.2, -0.15) is 0 Å². The molecule has 4 nitrogen and oxygen atoms in total. The predicted octanol–water partition coefficient (Wildman–Crippen LogP) is 1.62. The van der Waals surface area contributed by atoms with E-state index in [1.165, 1.54) is 12.1 Å². The lowest BCUT2D eigenvalue weighted by atomic mass is 10.2. The zero-order valence-electron chi connectivity index (χ0n) is 11.8. The Bertz CT molecular complexity index is 496. The van der Waals surface area contributed by atoms with Crippen molar-refractivity contribution in [2.45, 2.75) is 30.9 Å². The Morgan fingerprint density at radius 3 is 2.95 bits per heavy atom. The summed E-state index contributed by atoms with van der Waals surface area (Å²) in [5, 5.41) is 0. The average molecular weight is 300 g/mol. The Kier molecular flexibility index (Phi) is 5.12. The number of halogens is 1. The second-order valence-electron chi connectivity index (χ2n) is 5.28. The van der Waals surface area contributed by atoms with Crippen LogP contribution in [0, 0.1) is 5.82 Å². The molecule has 0 amide bonds. The summed E-state index contributed by atoms with van der Waals surface area (Å²) < 4.78 is 31.3. The van der Waals surface area contributed by atoms with Crippen molar-refractivity contribution in [2.24, 2.45) is 0 Å². The van der Waals surface area contributed by atoms with Crippen LogP contribution in [-0.2, 0) is 15.5 Å². The first-order valence-electron chi connectivity index (χ1n) is 6.76. The number of rotatable bonds is 4. The third-order valence-corrected chi connectivity index (χ3v) is 4.93. The van der Waals surface area contributed by atoms with Gasteiger partial charge in [0.2, 0.25) is 0 Å². The van der Waals surface area contributed by atoms with Crippen LogP contribution in [0.25, 0.3) is 0 Å². The maximum atomic E-state index is 13.4. The molecule has 0 spiro atoms. The molecule has 1 aromatic carbocycles. The predicted molar refractivity (Wildman–Crippen MR) is 78.5 cm³/mol. The average Bonchev–Trinajstić information content (AvgIpc) is 2.42. The molecule has 2 unspecified atom stereocenters. The zero-order valence-corrected chi connectivity index (χ0v) is 12.7. The second kappa shape index (κ2) is 6.65. The van der Waals surface area contributed by atoms with Gasteiger partial charge in [-0.15, -0.1) is 0 Å². The number of hydrogen-bond acceptors (Lipinski definition) is 4. The molecule has 0 aromatic heterocycles. The Morgan fingerprint density at radius 1 is 1.55 bits per heavy atom. The number of nitrogens with two attached hydrogens (primary N) is 1. The molecule has 2 atom stereocenters. The Balaban J connectivity index is 1.98. The fraction of sp³-hybridized carbons (Fsp3) is 0.571. The molecule has 0 radical (unpaired) electrons. The Hall–Kier alpha value is -0.980. The van der Waals surface area contributed by atoms with Gasteiger partial charge in [-0.3, -0.25) is 9.11 Å². The Morgan fingerprint density at radius 2 is 2.30 bits per heavy atom. The smallest absolute Gasteiger partial charge is 0.147 e. The van der Waals surface area contributed by atoms with Gasteiger partial charge in [0.1, 0.15) is 5.82 Å². The summed E-state index contributed by atoms with van der Waals surface area (Å²) in [7, 11) is -1.27. The van der Waals surface area contributed by atoms with Gasteiger partial charge in [-0.05, 0) is 32.0 Å². The van der Waals surface area contributed by atoms with Crippen LogP contribution in [0.3, 0.4) is 0 Å². The van der Waals surface area contributed by atoms with Gasteiger partial charge in [0.25, 0.3) is 0 Å². The molecule has 0 saturated carbocycles. The first-order chi connectivity index (χ1) is 9.47. The molecule has 0 bridgehead atoms. The highest BCUT2D eigenvalue weighted by Gasteiger charge is 2.24. The van der Waals surface area contributed by atoms with Gasteiger partial charge in [0.15, 0.2) is 0 Å². The molecule has 2 N–H and O–H groups in total. The number of ether oxygens (including phenoxy) is 1. The minimum absolute atomic E-state index is 0.0747. The van der Waals surface area contributed by atoms with Crippen LogP contribution in [0.2, 0.25) is 0 Å². The van der Waals surface area contributed by atoms with Gasteiger partial charge >= 0.3 is 0 Å². The number of nitrogens with zero attached hydrogens (tertiary/aromatic N) is 1. The minimum Gasteiger partial charge on any atom is -0.396 e. The molecule has 20 heavy (non-hydrogen) atoms. The van der Waals surface area contributed by atoms with Crippen LogP contribution in [0.1, 0.15) is 13.8 Å². The Labute approximate surface area is 121 Å². The highest BCUT2D eigenvalue weighted by molar-refractivity contribution is 7.85. The molecule has 1 fully saturated rings. The maximum Gasteiger partial charge on any atom is 0.147 e. The lowest BCUT2D eigenvalue weighted by Gasteiger charge is -2.35. The van der Waals surface area contributed by atoms with Crippen molar-refractivity contribution < 1.29 is 13.3 Å². The lowest BCUT2D eigenvalue weighted by molar-refractivity contribution is -0.0268. The third kappa shape index (κ3) is 3.77. The van der Waals surface area contributed by atoms with Crippen molar-refractivity contribution in [1.82, 2.24) is 4.90 Å². The largest absolute Gasteiger partial charge is 0.396 e. The molecular weight excluding hydrogens is 279 g/mol. The van der Waals surface area contributed by atoms with E-state index >= 15 is 0 Å². The number of morpholine rings is 1. The molecular formula is C14H21FN2O2S. The van der Waals surface area contributed by atoms with E-state index in [1.807, 2.05) is 0 Å². The van der Waals surface area contributed by atoms with Crippen molar-refractivity contribution in [2.75, 3.05) is 31.2 Å². The number of nitrogen functional groups attached to an aromatic ring is 1. The van der Waals surface area contributed by atoms with Crippen LogP contribution in [0.5, 0.6) is 0 Å². The van der Waals surface area contributed by atoms with E-state index in [4.69, 9.17) is 10.5 Å². The van der Waals surface area contributed by atoms with Crippen LogP contribution in [-0.4, -0.2) is 46.7 Å². The lowest BCUT2D eigenvalue weighted by Crippen LogP contribution is -2.47. The van der Waals surface area contributed by atoms with Crippen LogP contribution >= 0.6 is 0 Å². The molecule has 2 rings (SSSR count). The van der Waals surface area contributed by atoms with E-state index in [1.54, 1.807) is 6.07 Å². The quantitative estimate of drug-likeness (QED) is 0.859. The molecule has 1 aliphatic rings. The first kappa shape index (κ1) is 15.4. The van der Waals surface area contributed by atoms with E-state index in [0.29, 0.717) is 23.3 Å². The number of benzene rings is 1. The van der Waals surface area contributed by atoms with Crippen molar-refractivity contribution >= 4 is 16.5 Å². The summed E-state index contributed by atoms with van der Waals surface area (Å²) >= 11 is 0. The van der Waals surface area contributed by atoms with E-state index < -0.39 is 16.6 Å². The van der Waals surface area contributed by atoms with E-state index in [9.17, 15) is 8.60 Å². The molecule has 1 aromatic rings. The summed E-state index contributed by atoms with van der Waals surface area (Å²) in [4.78, 5) is 2.76. The van der Waals surface area contributed by atoms with Crippen molar-refractivity contribution in [3.05, 3.63) is 24.0 Å². The standard InChI is InChI=1S/C14H21FN2O2S/c1-10(2)17-5-6-19-11(8-17)9-20(18)12-3-4-14(16)13(15)7-12/h3-4,7,10-11H,5-6,8-9,16H2,1-2H3. The summed E-state index contributed by atoms with van der Waals surface area (Å²) in [6.07, 6.45) is -0.0763. The van der Waals surface area contributed by atoms with Crippen LogP contribution < -0.4 is 5.73 Å². The molecule has 1 aliphatic heterocycles. The van der Waals surface area contributed by atoms with Crippen molar-refractivity contribution in [1.29, 1.82) is 0 Å². The highest BCUT2D eigenvalue weighted by Crippen LogP contribution is 2.17. The van der Waals surface area contributed by atoms with Crippen molar-refractivity contribution in [3.8, 4) is 0 Å². The summed E-state index contributed by atoms with van der Waals surface area (Å²) in [5.74, 6) is -0.142. The molecule has 1 saturated heterocycles. The summed E-state index contributed by atoms with van der Waals surface area (Å²) in [6, 6.07) is 4.75. The molecule has 112 valence electrons. The zero-order chi connectivity index (χ0) is 14.7. The van der Waals surface area contributed by atoms with Crippen LogP contribution in [0.15, 0.2) is 23.1 Å². The highest BCUT2D eigenvalue weighted by atomic mass is 32.2. The number of anilines is 1. The SMILES string of the molecule is CC(C)N1CCOC(CS(=O)c2ccc(N)c(F)c2)C1. The van der Waals surface area contributed by atoms with Gasteiger partial charge in [0.05, 0.1) is 35.0 Å². The van der Waals surface area contributed by atoms with Gasteiger partial charge in [-0.1, -0.05) is 0 Å². The minimum atomic E-state index is -1.27. The first-order valence-corrected chi connectivity index (χ1v) is 8.08. The van der Waals surface area contributed by atoms with E-state index in [-0.39, 0.29) is 11.8 Å². The second-order valence-corrected chi connectivity index (χ2v) is 6.77.